The molecule has 2 aliphatic rings. The Labute approximate surface area is 372 Å². The van der Waals surface area contributed by atoms with E-state index in [4.69, 9.17) is 18.9 Å². The van der Waals surface area contributed by atoms with Gasteiger partial charge in [0.2, 0.25) is 0 Å². The van der Waals surface area contributed by atoms with Gasteiger partial charge in [0.15, 0.2) is 23.0 Å². The van der Waals surface area contributed by atoms with Gasteiger partial charge >= 0.3 is 0 Å². The lowest BCUT2D eigenvalue weighted by Gasteiger charge is -2.34. The topological polar surface area (TPSA) is 43.4 Å². The van der Waals surface area contributed by atoms with Gasteiger partial charge in [-0.2, -0.15) is 0 Å². The number of rotatable bonds is 17. The first-order chi connectivity index (χ1) is 29.3. The molecule has 0 aliphatic carbocycles. The standard InChI is InChI=1S/C52H54Br2N2O4/c1-5-9-11-35(7-3)33-57-43-21-17-41(18-22-43)55-45-25-13-37(29-49(45)59-51-31-39(53)15-27-47(51)55)38-14-26-46-50(30-38)60-52-32-40(54)16-28-48(52)56(46)42-19-23-44(24-20-42)58-34-36(8-4)12-10-6-2/h13-32,35-36H,5-12,33-34H2,1-4H3. The molecule has 6 aromatic carbocycles. The van der Waals surface area contributed by atoms with Crippen LogP contribution in [0.4, 0.5) is 34.1 Å². The number of anilines is 6. The first-order valence-corrected chi connectivity index (χ1v) is 23.2. The molecule has 2 aliphatic heterocycles. The molecule has 0 saturated carbocycles. The molecule has 0 saturated heterocycles. The molecule has 0 amide bonds. The van der Waals surface area contributed by atoms with Crippen molar-refractivity contribution in [2.24, 2.45) is 11.8 Å². The molecule has 0 radical (unpaired) electrons. The zero-order chi connectivity index (χ0) is 41.6. The molecule has 6 aromatic rings. The molecule has 2 atom stereocenters. The van der Waals surface area contributed by atoms with Gasteiger partial charge in [0.1, 0.15) is 11.5 Å². The monoisotopic (exact) mass is 928 g/mol. The third kappa shape index (κ3) is 9.20. The molecule has 0 fully saturated rings. The van der Waals surface area contributed by atoms with E-state index in [1.807, 2.05) is 12.1 Å². The number of fused-ring (bicyclic) bond motifs is 4. The Hall–Kier alpha value is -4.92. The molecule has 8 heteroatoms. The lowest BCUT2D eigenvalue weighted by atomic mass is 10.0. The molecule has 0 spiro atoms. The van der Waals surface area contributed by atoms with Crippen molar-refractivity contribution in [3.05, 3.63) is 130 Å². The summed E-state index contributed by atoms with van der Waals surface area (Å²) in [5, 5.41) is 0. The highest BCUT2D eigenvalue weighted by atomic mass is 79.9. The van der Waals surface area contributed by atoms with Crippen LogP contribution in [0.15, 0.2) is 130 Å². The predicted molar refractivity (Wildman–Crippen MR) is 254 cm³/mol. The highest BCUT2D eigenvalue weighted by Gasteiger charge is 2.29. The summed E-state index contributed by atoms with van der Waals surface area (Å²) in [4.78, 5) is 4.52. The molecule has 6 nitrogen and oxygen atoms in total. The first kappa shape index (κ1) is 41.8. The number of halogens is 2. The van der Waals surface area contributed by atoms with E-state index >= 15 is 0 Å². The second-order valence-corrected chi connectivity index (χ2v) is 17.7. The number of nitrogens with zero attached hydrogens (tertiary/aromatic N) is 2. The lowest BCUT2D eigenvalue weighted by molar-refractivity contribution is 0.233. The smallest absolute Gasteiger partial charge is 0.152 e. The Bertz CT molecular complexity index is 2230. The van der Waals surface area contributed by atoms with E-state index in [-0.39, 0.29) is 0 Å². The van der Waals surface area contributed by atoms with Gasteiger partial charge in [-0.05, 0) is 145 Å². The average Bonchev–Trinajstić information content (AvgIpc) is 3.27. The minimum atomic E-state index is 0.574. The highest BCUT2D eigenvalue weighted by molar-refractivity contribution is 9.10. The molecule has 0 bridgehead atoms. The van der Waals surface area contributed by atoms with Crippen LogP contribution in [-0.2, 0) is 0 Å². The van der Waals surface area contributed by atoms with Gasteiger partial charge in [0, 0.05) is 20.3 Å². The fourth-order valence-corrected chi connectivity index (χ4v) is 8.77. The summed E-state index contributed by atoms with van der Waals surface area (Å²) in [6.07, 6.45) is 9.57. The van der Waals surface area contributed by atoms with Crippen LogP contribution in [0, 0.1) is 11.8 Å². The molecule has 0 N–H and O–H groups in total. The van der Waals surface area contributed by atoms with Gasteiger partial charge in [-0.25, -0.2) is 0 Å². The lowest BCUT2D eigenvalue weighted by Crippen LogP contribution is -2.16. The normalized spacial score (nSPS) is 13.6. The second-order valence-electron chi connectivity index (χ2n) is 15.9. The summed E-state index contributed by atoms with van der Waals surface area (Å²) in [5.41, 5.74) is 7.98. The Balaban J connectivity index is 1.07. The second kappa shape index (κ2) is 19.2. The van der Waals surface area contributed by atoms with Gasteiger partial charge < -0.3 is 28.7 Å². The molecule has 0 aromatic heterocycles. The fraction of sp³-hybridized carbons (Fsp3) is 0.308. The van der Waals surface area contributed by atoms with Crippen LogP contribution < -0.4 is 28.7 Å². The van der Waals surface area contributed by atoms with E-state index in [2.05, 4.69) is 179 Å². The summed E-state index contributed by atoms with van der Waals surface area (Å²) >= 11 is 7.35. The third-order valence-corrected chi connectivity index (χ3v) is 12.7. The minimum absolute atomic E-state index is 0.574. The maximum absolute atomic E-state index is 6.66. The fourth-order valence-electron chi connectivity index (χ4n) is 8.09. The van der Waals surface area contributed by atoms with E-state index in [9.17, 15) is 0 Å². The molecular formula is C52H54Br2N2O4. The summed E-state index contributed by atoms with van der Waals surface area (Å²) in [7, 11) is 0. The van der Waals surface area contributed by atoms with Gasteiger partial charge in [0.25, 0.3) is 0 Å². The van der Waals surface area contributed by atoms with E-state index in [0.717, 1.165) is 115 Å². The zero-order valence-electron chi connectivity index (χ0n) is 35.1. The largest absolute Gasteiger partial charge is 0.493 e. The maximum Gasteiger partial charge on any atom is 0.152 e. The van der Waals surface area contributed by atoms with Crippen molar-refractivity contribution in [1.82, 2.24) is 0 Å². The first-order valence-electron chi connectivity index (χ1n) is 21.6. The van der Waals surface area contributed by atoms with Crippen LogP contribution in [0.3, 0.4) is 0 Å². The van der Waals surface area contributed by atoms with Gasteiger partial charge in [-0.15, -0.1) is 0 Å². The molecule has 8 rings (SSSR count). The molecule has 2 heterocycles. The zero-order valence-corrected chi connectivity index (χ0v) is 38.2. The summed E-state index contributed by atoms with van der Waals surface area (Å²) in [6.45, 7) is 10.5. The van der Waals surface area contributed by atoms with Crippen molar-refractivity contribution in [3.63, 3.8) is 0 Å². The Morgan fingerprint density at radius 3 is 1.20 bits per heavy atom. The average molecular weight is 931 g/mol. The van der Waals surface area contributed by atoms with Crippen LogP contribution in [0.25, 0.3) is 11.1 Å². The Morgan fingerprint density at radius 2 is 0.833 bits per heavy atom. The summed E-state index contributed by atoms with van der Waals surface area (Å²) in [6, 6.07) is 42.1. The van der Waals surface area contributed by atoms with Crippen molar-refractivity contribution in [2.45, 2.75) is 79.1 Å². The third-order valence-electron chi connectivity index (χ3n) is 11.7. The van der Waals surface area contributed by atoms with Gasteiger partial charge in [-0.3, -0.25) is 0 Å². The van der Waals surface area contributed by atoms with Crippen LogP contribution in [0.2, 0.25) is 0 Å². The quantitative estimate of drug-likeness (QED) is 0.0906. The van der Waals surface area contributed by atoms with Crippen molar-refractivity contribution < 1.29 is 18.9 Å². The number of hydrogen-bond acceptors (Lipinski definition) is 6. The van der Waals surface area contributed by atoms with Crippen molar-refractivity contribution in [3.8, 4) is 45.6 Å². The SMILES string of the molecule is CCCCC(CC)COc1ccc(N2c3ccc(Br)cc3Oc3cc(-c4ccc5c(c4)Oc4cc(Br)ccc4N5c4ccc(OCC(CC)CCCC)cc4)ccc32)cc1. The van der Waals surface area contributed by atoms with Gasteiger partial charge in [-0.1, -0.05) is 110 Å². The van der Waals surface area contributed by atoms with Crippen molar-refractivity contribution >= 4 is 66.0 Å². The van der Waals surface area contributed by atoms with Gasteiger partial charge in [0.05, 0.1) is 36.0 Å². The summed E-state index contributed by atoms with van der Waals surface area (Å²) in [5.74, 6) is 6.03. The Morgan fingerprint density at radius 1 is 0.467 bits per heavy atom. The molecule has 310 valence electrons. The van der Waals surface area contributed by atoms with E-state index in [1.165, 1.54) is 38.5 Å². The minimum Gasteiger partial charge on any atom is -0.493 e. The van der Waals surface area contributed by atoms with Crippen LogP contribution >= 0.6 is 31.9 Å². The maximum atomic E-state index is 6.66. The van der Waals surface area contributed by atoms with E-state index in [0.29, 0.717) is 11.8 Å². The van der Waals surface area contributed by atoms with E-state index in [1.54, 1.807) is 0 Å². The Kier molecular flexibility index (Phi) is 13.4. The number of benzene rings is 6. The molecule has 60 heavy (non-hydrogen) atoms. The number of unbranched alkanes of at least 4 members (excludes halogenated alkanes) is 2. The van der Waals surface area contributed by atoms with Crippen molar-refractivity contribution in [1.29, 1.82) is 0 Å². The number of hydrogen-bond donors (Lipinski definition) is 0. The predicted octanol–water partition coefficient (Wildman–Crippen LogP) is 17.2. The van der Waals surface area contributed by atoms with E-state index < -0.39 is 0 Å². The van der Waals surface area contributed by atoms with Crippen LogP contribution in [0.5, 0.6) is 34.5 Å². The highest BCUT2D eigenvalue weighted by Crippen LogP contribution is 2.54. The van der Waals surface area contributed by atoms with Crippen LogP contribution in [0.1, 0.15) is 79.1 Å². The van der Waals surface area contributed by atoms with Crippen molar-refractivity contribution in [2.75, 3.05) is 23.0 Å². The summed E-state index contributed by atoms with van der Waals surface area (Å²) < 4.78 is 27.8. The number of ether oxygens (including phenoxy) is 4. The van der Waals surface area contributed by atoms with Crippen LogP contribution in [-0.4, -0.2) is 13.2 Å². The molecule has 2 unspecified atom stereocenters. The molecular weight excluding hydrogens is 876 g/mol.